The van der Waals surface area contributed by atoms with E-state index in [0.29, 0.717) is 11.3 Å². The molecule has 0 aliphatic heterocycles. The van der Waals surface area contributed by atoms with Gasteiger partial charge in [0.05, 0.1) is 34.2 Å². The molecule has 3 aromatic heterocycles. The number of hydrogen-bond acceptors (Lipinski definition) is 4. The van der Waals surface area contributed by atoms with Crippen LogP contribution in [0, 0.1) is 6.92 Å². The summed E-state index contributed by atoms with van der Waals surface area (Å²) in [6.45, 7) is 1.90. The number of nitrogens with zero attached hydrogens (tertiary/aromatic N) is 3. The van der Waals surface area contributed by atoms with Crippen LogP contribution in [0.15, 0.2) is 41.1 Å². The first kappa shape index (κ1) is 14.7. The van der Waals surface area contributed by atoms with Gasteiger partial charge in [0.2, 0.25) is 5.78 Å². The highest BCUT2D eigenvalue weighted by Gasteiger charge is 2.19. The smallest absolute Gasteiger partial charge is 0.214 e. The molecule has 24 heavy (non-hydrogen) atoms. The lowest BCUT2D eigenvalue weighted by Gasteiger charge is -2.04. The number of hydrogen-bond donors (Lipinski definition) is 3. The highest BCUT2D eigenvalue weighted by Crippen LogP contribution is 2.23. The summed E-state index contributed by atoms with van der Waals surface area (Å²) in [5, 5.41) is 4.26. The van der Waals surface area contributed by atoms with Crippen molar-refractivity contribution >= 4 is 38.6 Å². The number of rotatable bonds is 3. The number of benzene rings is 1. The monoisotopic (exact) mass is 384 g/mol. The molecule has 4 N–H and O–H groups in total. The SMILES string of the molecule is Cc1nc2cc(-n3ncc(C(=O)c4cc(Br)c[nH]4)c3N)ccc2[nH]1. The third kappa shape index (κ3) is 2.31. The van der Waals surface area contributed by atoms with Gasteiger partial charge in [0, 0.05) is 10.7 Å². The molecular formula is C16H13BrN6O. The maximum Gasteiger partial charge on any atom is 0.214 e. The number of aryl methyl sites for hydroxylation is 1. The summed E-state index contributed by atoms with van der Waals surface area (Å²) in [4.78, 5) is 23.0. The van der Waals surface area contributed by atoms with Crippen LogP contribution in [0.4, 0.5) is 5.82 Å². The molecule has 0 aliphatic rings. The molecule has 0 saturated carbocycles. The van der Waals surface area contributed by atoms with Gasteiger partial charge in [-0.2, -0.15) is 5.10 Å². The van der Waals surface area contributed by atoms with Crippen molar-refractivity contribution in [1.29, 1.82) is 0 Å². The van der Waals surface area contributed by atoms with Crippen molar-refractivity contribution in [3.05, 3.63) is 58.2 Å². The first-order valence-electron chi connectivity index (χ1n) is 7.22. The van der Waals surface area contributed by atoms with Gasteiger partial charge in [0.15, 0.2) is 0 Å². The average molecular weight is 385 g/mol. The van der Waals surface area contributed by atoms with E-state index < -0.39 is 0 Å². The second-order valence-corrected chi connectivity index (χ2v) is 6.36. The van der Waals surface area contributed by atoms with Gasteiger partial charge in [-0.05, 0) is 47.1 Å². The molecule has 0 aliphatic carbocycles. The number of aromatic amines is 2. The lowest BCUT2D eigenvalue weighted by molar-refractivity contribution is 0.103. The molecule has 0 atom stereocenters. The standard InChI is InChI=1S/C16H13BrN6O/c1-8-21-12-3-2-10(5-13(12)22-8)23-16(18)11(7-20-23)15(24)14-4-9(17)6-19-14/h2-7,19H,18H2,1H3,(H,21,22). The minimum atomic E-state index is -0.207. The van der Waals surface area contributed by atoms with Gasteiger partial charge in [-0.25, -0.2) is 9.67 Å². The number of carbonyl (C=O) groups excluding carboxylic acids is 1. The predicted octanol–water partition coefficient (Wildman–Crippen LogP) is 2.96. The van der Waals surface area contributed by atoms with Gasteiger partial charge in [-0.3, -0.25) is 4.79 Å². The van der Waals surface area contributed by atoms with Gasteiger partial charge in [0.25, 0.3) is 0 Å². The van der Waals surface area contributed by atoms with E-state index in [9.17, 15) is 4.79 Å². The van der Waals surface area contributed by atoms with Gasteiger partial charge in [-0.15, -0.1) is 0 Å². The van der Waals surface area contributed by atoms with Crippen LogP contribution in [-0.4, -0.2) is 30.5 Å². The van der Waals surface area contributed by atoms with E-state index in [-0.39, 0.29) is 11.6 Å². The van der Waals surface area contributed by atoms with Crippen LogP contribution in [-0.2, 0) is 0 Å². The average Bonchev–Trinajstić information content (AvgIpc) is 3.23. The second kappa shape index (κ2) is 5.34. The Bertz CT molecular complexity index is 1070. The molecule has 0 amide bonds. The number of fused-ring (bicyclic) bond motifs is 1. The van der Waals surface area contributed by atoms with Crippen LogP contribution in [0.1, 0.15) is 21.9 Å². The summed E-state index contributed by atoms with van der Waals surface area (Å²) in [7, 11) is 0. The van der Waals surface area contributed by atoms with Crippen molar-refractivity contribution in [2.45, 2.75) is 6.92 Å². The van der Waals surface area contributed by atoms with Gasteiger partial charge in [-0.1, -0.05) is 0 Å². The molecule has 0 fully saturated rings. The van der Waals surface area contributed by atoms with Crippen molar-refractivity contribution in [3.8, 4) is 5.69 Å². The van der Waals surface area contributed by atoms with E-state index >= 15 is 0 Å². The van der Waals surface area contributed by atoms with E-state index in [4.69, 9.17) is 5.73 Å². The predicted molar refractivity (Wildman–Crippen MR) is 94.3 cm³/mol. The molecule has 3 heterocycles. The molecule has 120 valence electrons. The number of H-pyrrole nitrogens is 2. The zero-order valence-electron chi connectivity index (χ0n) is 12.7. The molecular weight excluding hydrogens is 372 g/mol. The third-order valence-electron chi connectivity index (χ3n) is 3.77. The minimum Gasteiger partial charge on any atom is -0.383 e. The molecule has 0 unspecified atom stereocenters. The lowest BCUT2D eigenvalue weighted by atomic mass is 10.1. The van der Waals surface area contributed by atoms with Crippen LogP contribution < -0.4 is 5.73 Å². The number of nitrogen functional groups attached to an aromatic ring is 1. The van der Waals surface area contributed by atoms with Crippen molar-refractivity contribution in [2.24, 2.45) is 0 Å². The molecule has 1 aromatic carbocycles. The number of nitrogens with one attached hydrogen (secondary N) is 2. The Hall–Kier alpha value is -2.87. The second-order valence-electron chi connectivity index (χ2n) is 5.44. The Morgan fingerprint density at radius 3 is 2.92 bits per heavy atom. The molecule has 0 saturated heterocycles. The molecule has 0 spiro atoms. The fraction of sp³-hybridized carbons (Fsp3) is 0.0625. The normalized spacial score (nSPS) is 11.2. The maximum atomic E-state index is 12.5. The Kier molecular flexibility index (Phi) is 3.27. The minimum absolute atomic E-state index is 0.207. The van der Waals surface area contributed by atoms with Crippen LogP contribution in [0.2, 0.25) is 0 Å². The third-order valence-corrected chi connectivity index (χ3v) is 4.23. The molecule has 8 heteroatoms. The van der Waals surface area contributed by atoms with Crippen LogP contribution in [0.25, 0.3) is 16.7 Å². The van der Waals surface area contributed by atoms with Crippen LogP contribution in [0.5, 0.6) is 0 Å². The van der Waals surface area contributed by atoms with E-state index in [1.165, 1.54) is 10.9 Å². The Labute approximate surface area is 145 Å². The number of aromatic nitrogens is 5. The molecule has 7 nitrogen and oxygen atoms in total. The molecule has 4 rings (SSSR count). The number of carbonyl (C=O) groups is 1. The number of anilines is 1. The fourth-order valence-electron chi connectivity index (χ4n) is 2.64. The first-order chi connectivity index (χ1) is 11.5. The summed E-state index contributed by atoms with van der Waals surface area (Å²) in [5.74, 6) is 0.919. The Morgan fingerprint density at radius 1 is 1.33 bits per heavy atom. The maximum absolute atomic E-state index is 12.5. The topological polar surface area (TPSA) is 105 Å². The summed E-state index contributed by atoms with van der Waals surface area (Å²) >= 11 is 3.31. The summed E-state index contributed by atoms with van der Waals surface area (Å²) < 4.78 is 2.34. The zero-order chi connectivity index (χ0) is 16.8. The Balaban J connectivity index is 1.76. The number of ketones is 1. The highest BCUT2D eigenvalue weighted by molar-refractivity contribution is 9.10. The lowest BCUT2D eigenvalue weighted by Crippen LogP contribution is -2.07. The number of imidazole rings is 1. The van der Waals surface area contributed by atoms with Crippen molar-refractivity contribution in [2.75, 3.05) is 5.73 Å². The van der Waals surface area contributed by atoms with Crippen molar-refractivity contribution in [3.63, 3.8) is 0 Å². The first-order valence-corrected chi connectivity index (χ1v) is 8.01. The van der Waals surface area contributed by atoms with Gasteiger partial charge < -0.3 is 15.7 Å². The van der Waals surface area contributed by atoms with E-state index in [0.717, 1.165) is 27.0 Å². The van der Waals surface area contributed by atoms with E-state index in [1.807, 2.05) is 25.1 Å². The Morgan fingerprint density at radius 2 is 2.17 bits per heavy atom. The zero-order valence-corrected chi connectivity index (χ0v) is 14.3. The van der Waals surface area contributed by atoms with Crippen molar-refractivity contribution < 1.29 is 4.79 Å². The largest absolute Gasteiger partial charge is 0.383 e. The number of halogens is 1. The summed E-state index contributed by atoms with van der Waals surface area (Å²) in [6.07, 6.45) is 3.17. The van der Waals surface area contributed by atoms with Crippen molar-refractivity contribution in [1.82, 2.24) is 24.7 Å². The molecule has 4 aromatic rings. The van der Waals surface area contributed by atoms with Crippen LogP contribution in [0.3, 0.4) is 0 Å². The summed E-state index contributed by atoms with van der Waals surface area (Å²) in [6, 6.07) is 7.37. The number of nitrogens with two attached hydrogens (primary N) is 1. The summed E-state index contributed by atoms with van der Waals surface area (Å²) in [5.41, 5.74) is 9.46. The molecule has 0 bridgehead atoms. The fourth-order valence-corrected chi connectivity index (χ4v) is 2.98. The highest BCUT2D eigenvalue weighted by atomic mass is 79.9. The quantitative estimate of drug-likeness (QED) is 0.472. The van der Waals surface area contributed by atoms with Gasteiger partial charge in [0.1, 0.15) is 11.6 Å². The van der Waals surface area contributed by atoms with Gasteiger partial charge >= 0.3 is 0 Å². The van der Waals surface area contributed by atoms with Crippen LogP contribution >= 0.6 is 15.9 Å². The van der Waals surface area contributed by atoms with E-state index in [1.54, 1.807) is 12.3 Å². The van der Waals surface area contributed by atoms with E-state index in [2.05, 4.69) is 36.0 Å². The molecule has 0 radical (unpaired) electrons.